The maximum absolute atomic E-state index is 11.9. The van der Waals surface area contributed by atoms with Crippen molar-refractivity contribution in [2.75, 3.05) is 59.1 Å². The van der Waals surface area contributed by atoms with Crippen LogP contribution in [0.1, 0.15) is 6.92 Å². The molecule has 1 aliphatic rings. The summed E-state index contributed by atoms with van der Waals surface area (Å²) < 4.78 is 26.5. The standard InChI is InChI=1S/C11H26N4O2S/c1-11(10-14(2)3)13-18(16,17)9-8-15-6-4-12-5-7-15/h11-13H,4-10H2,1-3H3. The van der Waals surface area contributed by atoms with E-state index < -0.39 is 10.0 Å². The summed E-state index contributed by atoms with van der Waals surface area (Å²) in [6, 6.07) is -0.0481. The molecule has 6 nitrogen and oxygen atoms in total. The Labute approximate surface area is 111 Å². The number of likely N-dealkylation sites (N-methyl/N-ethyl adjacent to an activating group) is 1. The zero-order valence-electron chi connectivity index (χ0n) is 11.6. The Balaban J connectivity index is 2.30. The number of sulfonamides is 1. The molecule has 0 aliphatic carbocycles. The molecule has 0 spiro atoms. The quantitative estimate of drug-likeness (QED) is 0.610. The Morgan fingerprint density at radius 3 is 2.50 bits per heavy atom. The molecule has 7 heteroatoms. The van der Waals surface area contributed by atoms with Crippen molar-refractivity contribution in [2.45, 2.75) is 13.0 Å². The van der Waals surface area contributed by atoms with Crippen LogP contribution in [-0.2, 0) is 10.0 Å². The molecule has 1 saturated heterocycles. The SMILES string of the molecule is CC(CN(C)C)NS(=O)(=O)CCN1CCNCC1. The predicted molar refractivity (Wildman–Crippen MR) is 74.2 cm³/mol. The monoisotopic (exact) mass is 278 g/mol. The Kier molecular flexibility index (Phi) is 6.51. The van der Waals surface area contributed by atoms with Crippen molar-refractivity contribution in [3.8, 4) is 0 Å². The first-order valence-electron chi connectivity index (χ1n) is 6.47. The molecule has 0 radical (unpaired) electrons. The molecule has 0 aromatic rings. The van der Waals surface area contributed by atoms with Crippen LogP contribution < -0.4 is 10.0 Å². The Morgan fingerprint density at radius 2 is 1.94 bits per heavy atom. The summed E-state index contributed by atoms with van der Waals surface area (Å²) in [7, 11) is 0.708. The molecule has 0 aromatic carbocycles. The van der Waals surface area contributed by atoms with Crippen molar-refractivity contribution in [1.82, 2.24) is 19.8 Å². The smallest absolute Gasteiger partial charge is 0.213 e. The highest BCUT2D eigenvalue weighted by Gasteiger charge is 2.17. The number of nitrogens with zero attached hydrogens (tertiary/aromatic N) is 2. The minimum Gasteiger partial charge on any atom is -0.314 e. The highest BCUT2D eigenvalue weighted by atomic mass is 32.2. The molecule has 1 aliphatic heterocycles. The van der Waals surface area contributed by atoms with Crippen LogP contribution in [0.25, 0.3) is 0 Å². The zero-order valence-corrected chi connectivity index (χ0v) is 12.5. The van der Waals surface area contributed by atoms with Gasteiger partial charge >= 0.3 is 0 Å². The minimum absolute atomic E-state index is 0.0481. The average molecular weight is 278 g/mol. The fourth-order valence-electron chi connectivity index (χ4n) is 2.13. The van der Waals surface area contributed by atoms with Crippen molar-refractivity contribution in [3.63, 3.8) is 0 Å². The third kappa shape index (κ3) is 6.65. The van der Waals surface area contributed by atoms with Gasteiger partial charge in [0, 0.05) is 45.3 Å². The summed E-state index contributed by atoms with van der Waals surface area (Å²) in [5.74, 6) is 0.185. The number of hydrogen-bond acceptors (Lipinski definition) is 5. The van der Waals surface area contributed by atoms with Gasteiger partial charge in [-0.05, 0) is 21.0 Å². The summed E-state index contributed by atoms with van der Waals surface area (Å²) in [6.07, 6.45) is 0. The van der Waals surface area contributed by atoms with Gasteiger partial charge in [0.25, 0.3) is 0 Å². The van der Waals surface area contributed by atoms with Crippen LogP contribution in [0.3, 0.4) is 0 Å². The number of piperazine rings is 1. The molecule has 0 aromatic heterocycles. The average Bonchev–Trinajstić information content (AvgIpc) is 2.26. The molecule has 1 fully saturated rings. The Hall–Kier alpha value is -0.210. The van der Waals surface area contributed by atoms with Crippen LogP contribution in [0, 0.1) is 0 Å². The second-order valence-corrected chi connectivity index (χ2v) is 7.07. The Morgan fingerprint density at radius 1 is 1.33 bits per heavy atom. The van der Waals surface area contributed by atoms with E-state index in [1.54, 1.807) is 0 Å². The molecule has 108 valence electrons. The fraction of sp³-hybridized carbons (Fsp3) is 1.00. The fourth-order valence-corrected chi connectivity index (χ4v) is 3.44. The van der Waals surface area contributed by atoms with Gasteiger partial charge in [0.05, 0.1) is 5.75 Å². The van der Waals surface area contributed by atoms with Crippen LogP contribution in [0.2, 0.25) is 0 Å². The van der Waals surface area contributed by atoms with Crippen LogP contribution in [0.15, 0.2) is 0 Å². The number of rotatable bonds is 7. The molecule has 1 unspecified atom stereocenters. The van der Waals surface area contributed by atoms with E-state index >= 15 is 0 Å². The second-order valence-electron chi connectivity index (χ2n) is 5.19. The van der Waals surface area contributed by atoms with Gasteiger partial charge < -0.3 is 10.2 Å². The number of hydrogen-bond donors (Lipinski definition) is 2. The number of nitrogens with one attached hydrogen (secondary N) is 2. The second kappa shape index (κ2) is 7.40. The lowest BCUT2D eigenvalue weighted by Crippen LogP contribution is -2.47. The zero-order chi connectivity index (χ0) is 13.6. The summed E-state index contributed by atoms with van der Waals surface area (Å²) in [4.78, 5) is 4.16. The van der Waals surface area contributed by atoms with Crippen molar-refractivity contribution in [1.29, 1.82) is 0 Å². The lowest BCUT2D eigenvalue weighted by Gasteiger charge is -2.27. The largest absolute Gasteiger partial charge is 0.314 e. The highest BCUT2D eigenvalue weighted by molar-refractivity contribution is 7.89. The summed E-state index contributed by atoms with van der Waals surface area (Å²) in [5.41, 5.74) is 0. The van der Waals surface area contributed by atoms with Gasteiger partial charge in [-0.2, -0.15) is 0 Å². The first kappa shape index (κ1) is 15.8. The van der Waals surface area contributed by atoms with Crippen molar-refractivity contribution in [2.24, 2.45) is 0 Å². The van der Waals surface area contributed by atoms with Gasteiger partial charge in [0.2, 0.25) is 10.0 Å². The highest BCUT2D eigenvalue weighted by Crippen LogP contribution is 1.96. The Bertz CT molecular complexity index is 326. The summed E-state index contributed by atoms with van der Waals surface area (Å²) in [5, 5.41) is 3.25. The van der Waals surface area contributed by atoms with Gasteiger partial charge in [0.15, 0.2) is 0 Å². The van der Waals surface area contributed by atoms with E-state index in [-0.39, 0.29) is 11.8 Å². The summed E-state index contributed by atoms with van der Waals surface area (Å²) in [6.45, 7) is 6.99. The normalized spacial score (nSPS) is 20.2. The van der Waals surface area contributed by atoms with E-state index in [1.165, 1.54) is 0 Å². The molecule has 0 saturated carbocycles. The van der Waals surface area contributed by atoms with Gasteiger partial charge in [-0.3, -0.25) is 4.90 Å². The van der Waals surface area contributed by atoms with E-state index in [9.17, 15) is 8.42 Å². The topological polar surface area (TPSA) is 64.7 Å². The molecule has 0 bridgehead atoms. The lowest BCUT2D eigenvalue weighted by molar-refractivity contribution is 0.253. The molecule has 0 amide bonds. The molecule has 18 heavy (non-hydrogen) atoms. The molecular formula is C11H26N4O2S. The molecule has 2 N–H and O–H groups in total. The van der Waals surface area contributed by atoms with Crippen LogP contribution in [-0.4, -0.2) is 83.4 Å². The van der Waals surface area contributed by atoms with Crippen molar-refractivity contribution >= 4 is 10.0 Å². The van der Waals surface area contributed by atoms with Gasteiger partial charge in [0.1, 0.15) is 0 Å². The van der Waals surface area contributed by atoms with Gasteiger partial charge in [-0.1, -0.05) is 0 Å². The maximum atomic E-state index is 11.9. The molecule has 1 heterocycles. The van der Waals surface area contributed by atoms with Crippen LogP contribution in [0.4, 0.5) is 0 Å². The van der Waals surface area contributed by atoms with Crippen LogP contribution >= 0.6 is 0 Å². The predicted octanol–water partition coefficient (Wildman–Crippen LogP) is -1.24. The van der Waals surface area contributed by atoms with E-state index in [1.807, 2.05) is 25.9 Å². The third-order valence-corrected chi connectivity index (χ3v) is 4.39. The molecule has 1 atom stereocenters. The van der Waals surface area contributed by atoms with Crippen molar-refractivity contribution < 1.29 is 8.42 Å². The minimum atomic E-state index is -3.16. The first-order chi connectivity index (χ1) is 8.39. The molecular weight excluding hydrogens is 252 g/mol. The van der Waals surface area contributed by atoms with Gasteiger partial charge in [-0.25, -0.2) is 13.1 Å². The van der Waals surface area contributed by atoms with E-state index in [0.717, 1.165) is 26.2 Å². The van der Waals surface area contributed by atoms with Crippen LogP contribution in [0.5, 0.6) is 0 Å². The van der Waals surface area contributed by atoms with E-state index in [4.69, 9.17) is 0 Å². The lowest BCUT2D eigenvalue weighted by atomic mass is 10.3. The first-order valence-corrected chi connectivity index (χ1v) is 8.12. The molecule has 1 rings (SSSR count). The van der Waals surface area contributed by atoms with Crippen molar-refractivity contribution in [3.05, 3.63) is 0 Å². The van der Waals surface area contributed by atoms with E-state index in [0.29, 0.717) is 13.1 Å². The van der Waals surface area contributed by atoms with E-state index in [2.05, 4.69) is 14.9 Å². The third-order valence-electron chi connectivity index (χ3n) is 2.91. The van der Waals surface area contributed by atoms with Gasteiger partial charge in [-0.15, -0.1) is 0 Å². The maximum Gasteiger partial charge on any atom is 0.213 e. The summed E-state index contributed by atoms with van der Waals surface area (Å²) >= 11 is 0.